The summed E-state index contributed by atoms with van der Waals surface area (Å²) in [4.78, 5) is 4.51. The average molecular weight is 193 g/mol. The minimum absolute atomic E-state index is 0.648. The number of aromatic nitrogens is 2. The summed E-state index contributed by atoms with van der Waals surface area (Å²) in [5.74, 6) is 0. The second kappa shape index (κ2) is 4.13. The molecule has 0 fully saturated rings. The second-order valence-electron chi connectivity index (χ2n) is 4.14. The molecule has 78 valence electrons. The van der Waals surface area contributed by atoms with E-state index in [9.17, 15) is 0 Å². The Labute approximate surface area is 85.5 Å². The quantitative estimate of drug-likeness (QED) is 0.789. The fraction of sp³-hybridized carbons (Fsp3) is 0.727. The van der Waals surface area contributed by atoms with Crippen molar-refractivity contribution < 1.29 is 0 Å². The predicted molar refractivity (Wildman–Crippen MR) is 57.5 cm³/mol. The zero-order valence-electron chi connectivity index (χ0n) is 9.08. The van der Waals surface area contributed by atoms with Gasteiger partial charge in [0.2, 0.25) is 0 Å². The molecule has 2 rings (SSSR count). The van der Waals surface area contributed by atoms with Crippen LogP contribution in [0.1, 0.15) is 37.2 Å². The molecule has 3 heteroatoms. The Balaban J connectivity index is 2.18. The highest BCUT2D eigenvalue weighted by Gasteiger charge is 2.18. The molecule has 14 heavy (non-hydrogen) atoms. The first-order valence-electron chi connectivity index (χ1n) is 5.52. The Morgan fingerprint density at radius 2 is 2.50 bits per heavy atom. The largest absolute Gasteiger partial charge is 0.332 e. The van der Waals surface area contributed by atoms with Gasteiger partial charge in [0, 0.05) is 24.7 Å². The van der Waals surface area contributed by atoms with E-state index < -0.39 is 0 Å². The minimum Gasteiger partial charge on any atom is -0.332 e. The Kier molecular flexibility index (Phi) is 2.87. The van der Waals surface area contributed by atoms with Crippen LogP contribution >= 0.6 is 0 Å². The lowest BCUT2D eigenvalue weighted by atomic mass is 10.0. The van der Waals surface area contributed by atoms with E-state index in [1.165, 1.54) is 30.7 Å². The SMILES string of the molecule is CNCCc1ncn2c1CCCC2C. The maximum Gasteiger partial charge on any atom is 0.0954 e. The van der Waals surface area contributed by atoms with Gasteiger partial charge in [-0.2, -0.15) is 0 Å². The van der Waals surface area contributed by atoms with Crippen molar-refractivity contribution in [1.82, 2.24) is 14.9 Å². The van der Waals surface area contributed by atoms with Gasteiger partial charge in [0.15, 0.2) is 0 Å². The molecule has 0 saturated heterocycles. The zero-order chi connectivity index (χ0) is 9.97. The summed E-state index contributed by atoms with van der Waals surface area (Å²) in [6.07, 6.45) is 6.91. The zero-order valence-corrected chi connectivity index (χ0v) is 9.08. The topological polar surface area (TPSA) is 29.9 Å². The summed E-state index contributed by atoms with van der Waals surface area (Å²) in [5.41, 5.74) is 2.77. The molecule has 0 spiro atoms. The number of hydrogen-bond donors (Lipinski definition) is 1. The minimum atomic E-state index is 0.648. The van der Waals surface area contributed by atoms with Gasteiger partial charge >= 0.3 is 0 Å². The Hall–Kier alpha value is -0.830. The molecule has 1 aliphatic rings. The molecule has 0 aromatic carbocycles. The summed E-state index contributed by atoms with van der Waals surface area (Å²) in [7, 11) is 1.99. The molecular formula is C11H19N3. The van der Waals surface area contributed by atoms with E-state index in [1.807, 2.05) is 13.4 Å². The number of rotatable bonds is 3. The first kappa shape index (κ1) is 9.71. The van der Waals surface area contributed by atoms with Crippen LogP contribution in [0.2, 0.25) is 0 Å². The first-order chi connectivity index (χ1) is 6.83. The van der Waals surface area contributed by atoms with Crippen molar-refractivity contribution in [2.24, 2.45) is 0 Å². The summed E-state index contributed by atoms with van der Waals surface area (Å²) >= 11 is 0. The summed E-state index contributed by atoms with van der Waals surface area (Å²) in [5, 5.41) is 3.17. The molecular weight excluding hydrogens is 174 g/mol. The van der Waals surface area contributed by atoms with Crippen LogP contribution in [0, 0.1) is 0 Å². The van der Waals surface area contributed by atoms with Crippen LogP contribution in [0.4, 0.5) is 0 Å². The molecule has 1 aromatic heterocycles. The number of hydrogen-bond acceptors (Lipinski definition) is 2. The van der Waals surface area contributed by atoms with Gasteiger partial charge in [0.1, 0.15) is 0 Å². The monoisotopic (exact) mass is 193 g/mol. The highest BCUT2D eigenvalue weighted by Crippen LogP contribution is 2.25. The van der Waals surface area contributed by atoms with Crippen LogP contribution in [-0.4, -0.2) is 23.1 Å². The van der Waals surface area contributed by atoms with E-state index in [0.717, 1.165) is 13.0 Å². The van der Waals surface area contributed by atoms with Crippen LogP contribution in [0.25, 0.3) is 0 Å². The molecule has 0 bridgehead atoms. The lowest BCUT2D eigenvalue weighted by Gasteiger charge is -2.22. The van der Waals surface area contributed by atoms with Gasteiger partial charge in [-0.1, -0.05) is 0 Å². The molecule has 1 aromatic rings. The highest BCUT2D eigenvalue weighted by molar-refractivity contribution is 5.16. The van der Waals surface area contributed by atoms with Gasteiger partial charge in [-0.25, -0.2) is 4.98 Å². The fourth-order valence-electron chi connectivity index (χ4n) is 2.23. The summed E-state index contributed by atoms with van der Waals surface area (Å²) in [6.45, 7) is 3.31. The maximum atomic E-state index is 4.51. The number of fused-ring (bicyclic) bond motifs is 1. The van der Waals surface area contributed by atoms with Crippen molar-refractivity contribution in [2.75, 3.05) is 13.6 Å². The predicted octanol–water partition coefficient (Wildman–Crippen LogP) is 1.54. The van der Waals surface area contributed by atoms with E-state index in [-0.39, 0.29) is 0 Å². The van der Waals surface area contributed by atoms with Gasteiger partial charge in [-0.3, -0.25) is 0 Å². The molecule has 0 amide bonds. The molecule has 0 aliphatic carbocycles. The van der Waals surface area contributed by atoms with E-state index in [4.69, 9.17) is 0 Å². The third-order valence-electron chi connectivity index (χ3n) is 3.10. The van der Waals surface area contributed by atoms with Crippen LogP contribution in [-0.2, 0) is 12.8 Å². The third kappa shape index (κ3) is 1.69. The van der Waals surface area contributed by atoms with Crippen LogP contribution in [0.3, 0.4) is 0 Å². The number of nitrogens with one attached hydrogen (secondary N) is 1. The number of likely N-dealkylation sites (N-methyl/N-ethyl adjacent to an activating group) is 1. The molecule has 1 unspecified atom stereocenters. The maximum absolute atomic E-state index is 4.51. The normalized spacial score (nSPS) is 20.9. The van der Waals surface area contributed by atoms with Gasteiger partial charge in [0.25, 0.3) is 0 Å². The van der Waals surface area contributed by atoms with Crippen LogP contribution in [0.5, 0.6) is 0 Å². The lowest BCUT2D eigenvalue weighted by Crippen LogP contribution is -2.16. The van der Waals surface area contributed by atoms with Crippen molar-refractivity contribution in [2.45, 2.75) is 38.6 Å². The van der Waals surface area contributed by atoms with Gasteiger partial charge in [0.05, 0.1) is 12.0 Å². The standard InChI is InChI=1S/C11H19N3/c1-9-4-3-5-11-10(6-7-12-2)13-8-14(9)11/h8-9,12H,3-7H2,1-2H3. The van der Waals surface area contributed by atoms with E-state index >= 15 is 0 Å². The smallest absolute Gasteiger partial charge is 0.0954 e. The van der Waals surface area contributed by atoms with Crippen molar-refractivity contribution in [1.29, 1.82) is 0 Å². The molecule has 1 aliphatic heterocycles. The number of nitrogens with zero attached hydrogens (tertiary/aromatic N) is 2. The van der Waals surface area contributed by atoms with Crippen molar-refractivity contribution in [3.63, 3.8) is 0 Å². The molecule has 3 nitrogen and oxygen atoms in total. The van der Waals surface area contributed by atoms with Gasteiger partial charge < -0.3 is 9.88 Å². The highest BCUT2D eigenvalue weighted by atomic mass is 15.1. The molecule has 0 radical (unpaired) electrons. The Bertz CT molecular complexity index is 303. The molecule has 2 heterocycles. The third-order valence-corrected chi connectivity index (χ3v) is 3.10. The summed E-state index contributed by atoms with van der Waals surface area (Å²) < 4.78 is 2.36. The van der Waals surface area contributed by atoms with Crippen molar-refractivity contribution >= 4 is 0 Å². The Morgan fingerprint density at radius 3 is 3.29 bits per heavy atom. The lowest BCUT2D eigenvalue weighted by molar-refractivity contribution is 0.430. The van der Waals surface area contributed by atoms with Gasteiger partial charge in [-0.15, -0.1) is 0 Å². The van der Waals surface area contributed by atoms with E-state index in [1.54, 1.807) is 0 Å². The van der Waals surface area contributed by atoms with Crippen molar-refractivity contribution in [3.05, 3.63) is 17.7 Å². The molecule has 1 N–H and O–H groups in total. The van der Waals surface area contributed by atoms with E-state index in [0.29, 0.717) is 6.04 Å². The Morgan fingerprint density at radius 1 is 1.64 bits per heavy atom. The van der Waals surface area contributed by atoms with Gasteiger partial charge in [-0.05, 0) is 33.2 Å². The van der Waals surface area contributed by atoms with Crippen LogP contribution in [0.15, 0.2) is 6.33 Å². The average Bonchev–Trinajstić information content (AvgIpc) is 2.60. The first-order valence-corrected chi connectivity index (χ1v) is 5.52. The second-order valence-corrected chi connectivity index (χ2v) is 4.14. The summed E-state index contributed by atoms with van der Waals surface area (Å²) in [6, 6.07) is 0.648. The van der Waals surface area contributed by atoms with Crippen molar-refractivity contribution in [3.8, 4) is 0 Å². The fourth-order valence-corrected chi connectivity index (χ4v) is 2.23. The molecule has 1 atom stereocenters. The molecule has 0 saturated carbocycles. The van der Waals surface area contributed by atoms with Crippen LogP contribution < -0.4 is 5.32 Å². The number of imidazole rings is 1. The van der Waals surface area contributed by atoms with E-state index in [2.05, 4.69) is 21.8 Å².